The zero-order valence-corrected chi connectivity index (χ0v) is 7.46. The fourth-order valence-corrected chi connectivity index (χ4v) is 1.08. The number of carbonyl (C=O) groups is 1. The Balaban J connectivity index is 2.03. The lowest BCUT2D eigenvalue weighted by Crippen LogP contribution is -2.17. The van der Waals surface area contributed by atoms with Gasteiger partial charge in [0.05, 0.1) is 12.8 Å². The van der Waals surface area contributed by atoms with Crippen molar-refractivity contribution in [3.8, 4) is 0 Å². The predicted molar refractivity (Wildman–Crippen MR) is 49.9 cm³/mol. The number of carbonyl (C=O) groups excluding carboxylic acids is 1. The predicted octanol–water partition coefficient (Wildman–Crippen LogP) is 0.868. The number of aromatic nitrogens is 1. The quantitative estimate of drug-likeness (QED) is 0.651. The lowest BCUT2D eigenvalue weighted by Gasteiger charge is -2.02. The summed E-state index contributed by atoms with van der Waals surface area (Å²) >= 11 is 0. The van der Waals surface area contributed by atoms with E-state index in [9.17, 15) is 4.79 Å². The third kappa shape index (κ3) is 1.87. The van der Waals surface area contributed by atoms with Crippen LogP contribution in [0.3, 0.4) is 0 Å². The Morgan fingerprint density at radius 3 is 3.21 bits per heavy atom. The van der Waals surface area contributed by atoms with E-state index in [-0.39, 0.29) is 0 Å². The first kappa shape index (κ1) is 8.68. The zero-order valence-electron chi connectivity index (χ0n) is 7.46. The molecule has 1 aliphatic heterocycles. The van der Waals surface area contributed by atoms with Crippen LogP contribution in [0.4, 0.5) is 4.79 Å². The van der Waals surface area contributed by atoms with Crippen LogP contribution in [0.15, 0.2) is 29.6 Å². The van der Waals surface area contributed by atoms with E-state index in [0.717, 1.165) is 5.56 Å². The van der Waals surface area contributed by atoms with E-state index < -0.39 is 6.09 Å². The van der Waals surface area contributed by atoms with Crippen LogP contribution in [0.2, 0.25) is 0 Å². The second-order valence-electron chi connectivity index (χ2n) is 2.77. The molecule has 1 aromatic heterocycles. The summed E-state index contributed by atoms with van der Waals surface area (Å²) in [7, 11) is 0. The second-order valence-corrected chi connectivity index (χ2v) is 2.77. The van der Waals surface area contributed by atoms with E-state index in [1.807, 2.05) is 12.1 Å². The molecule has 1 saturated heterocycles. The lowest BCUT2D eigenvalue weighted by molar-refractivity contribution is 0.159. The van der Waals surface area contributed by atoms with E-state index >= 15 is 0 Å². The second kappa shape index (κ2) is 3.87. The summed E-state index contributed by atoms with van der Waals surface area (Å²) in [6, 6.07) is 3.67. The minimum Gasteiger partial charge on any atom is -0.446 e. The van der Waals surface area contributed by atoms with Gasteiger partial charge in [0.15, 0.2) is 0 Å². The van der Waals surface area contributed by atoms with Gasteiger partial charge >= 0.3 is 6.09 Å². The van der Waals surface area contributed by atoms with Crippen LogP contribution in [0.5, 0.6) is 0 Å². The number of hydrogen-bond acceptors (Lipinski definition) is 4. The summed E-state index contributed by atoms with van der Waals surface area (Å²) in [5.41, 5.74) is 0.854. The van der Waals surface area contributed by atoms with Crippen LogP contribution in [-0.2, 0) is 4.74 Å². The summed E-state index contributed by atoms with van der Waals surface area (Å²) in [4.78, 5) is 14.9. The van der Waals surface area contributed by atoms with Gasteiger partial charge in [-0.1, -0.05) is 6.07 Å². The van der Waals surface area contributed by atoms with Crippen molar-refractivity contribution in [1.82, 2.24) is 9.99 Å². The number of cyclic esters (lactones) is 1. The fourth-order valence-electron chi connectivity index (χ4n) is 1.08. The largest absolute Gasteiger partial charge is 0.446 e. The molecule has 0 N–H and O–H groups in total. The van der Waals surface area contributed by atoms with E-state index in [1.165, 1.54) is 5.01 Å². The summed E-state index contributed by atoms with van der Waals surface area (Å²) in [6.07, 6.45) is 4.54. The molecular formula is C9H9N3O2. The number of hydrazone groups is 1. The van der Waals surface area contributed by atoms with Crippen molar-refractivity contribution in [3.05, 3.63) is 30.1 Å². The number of hydrogen-bond donors (Lipinski definition) is 0. The molecule has 0 atom stereocenters. The normalized spacial score (nSPS) is 16.3. The highest BCUT2D eigenvalue weighted by molar-refractivity contribution is 5.80. The average Bonchev–Trinajstić information content (AvgIpc) is 2.63. The summed E-state index contributed by atoms with van der Waals surface area (Å²) in [5.74, 6) is 0. The molecule has 1 aromatic rings. The van der Waals surface area contributed by atoms with Crippen LogP contribution in [0.1, 0.15) is 5.56 Å². The maximum Gasteiger partial charge on any atom is 0.430 e. The number of rotatable bonds is 2. The molecule has 1 fully saturated rings. The number of nitrogens with zero attached hydrogens (tertiary/aromatic N) is 3. The summed E-state index contributed by atoms with van der Waals surface area (Å²) in [6.45, 7) is 0.915. The van der Waals surface area contributed by atoms with Crippen molar-refractivity contribution < 1.29 is 9.53 Å². The first-order valence-corrected chi connectivity index (χ1v) is 4.24. The highest BCUT2D eigenvalue weighted by Crippen LogP contribution is 2.03. The molecule has 5 heteroatoms. The molecule has 0 saturated carbocycles. The molecule has 2 rings (SSSR count). The van der Waals surface area contributed by atoms with Crippen LogP contribution in [0, 0.1) is 0 Å². The topological polar surface area (TPSA) is 54.8 Å². The van der Waals surface area contributed by atoms with Crippen molar-refractivity contribution >= 4 is 12.3 Å². The van der Waals surface area contributed by atoms with Gasteiger partial charge < -0.3 is 4.74 Å². The minimum absolute atomic E-state index is 0.398. The number of amides is 1. The monoisotopic (exact) mass is 191 g/mol. The Labute approximate surface area is 81.0 Å². The van der Waals surface area contributed by atoms with Gasteiger partial charge in [0.1, 0.15) is 6.61 Å². The highest BCUT2D eigenvalue weighted by atomic mass is 16.6. The Hall–Kier alpha value is -1.91. The number of ether oxygens (including phenoxy) is 1. The summed E-state index contributed by atoms with van der Waals surface area (Å²) in [5, 5.41) is 5.25. The first-order chi connectivity index (χ1) is 6.86. The first-order valence-electron chi connectivity index (χ1n) is 4.24. The molecule has 2 heterocycles. The van der Waals surface area contributed by atoms with Gasteiger partial charge in [-0.3, -0.25) is 4.98 Å². The molecule has 0 radical (unpaired) electrons. The Morgan fingerprint density at radius 1 is 1.64 bits per heavy atom. The third-order valence-corrected chi connectivity index (χ3v) is 1.77. The Kier molecular flexibility index (Phi) is 2.40. The molecule has 0 unspecified atom stereocenters. The van der Waals surface area contributed by atoms with Crippen LogP contribution < -0.4 is 0 Å². The van der Waals surface area contributed by atoms with E-state index in [4.69, 9.17) is 4.74 Å². The van der Waals surface area contributed by atoms with Crippen molar-refractivity contribution in [2.45, 2.75) is 0 Å². The van der Waals surface area contributed by atoms with Gasteiger partial charge in [-0.25, -0.2) is 4.79 Å². The zero-order chi connectivity index (χ0) is 9.80. The van der Waals surface area contributed by atoms with Gasteiger partial charge in [0.2, 0.25) is 0 Å². The molecule has 1 amide bonds. The molecule has 0 bridgehead atoms. The van der Waals surface area contributed by atoms with E-state index in [2.05, 4.69) is 10.1 Å². The van der Waals surface area contributed by atoms with Gasteiger partial charge in [0, 0.05) is 18.0 Å². The lowest BCUT2D eigenvalue weighted by atomic mass is 10.3. The Bertz CT molecular complexity index is 350. The molecular weight excluding hydrogens is 182 g/mol. The van der Waals surface area contributed by atoms with Crippen LogP contribution in [-0.4, -0.2) is 35.5 Å². The minimum atomic E-state index is -0.398. The van der Waals surface area contributed by atoms with Crippen LogP contribution in [0.25, 0.3) is 0 Å². The molecule has 0 aromatic carbocycles. The average molecular weight is 191 g/mol. The van der Waals surface area contributed by atoms with E-state index in [0.29, 0.717) is 13.2 Å². The molecule has 1 aliphatic rings. The van der Waals surface area contributed by atoms with Crippen molar-refractivity contribution in [3.63, 3.8) is 0 Å². The standard InChI is InChI=1S/C9H9N3O2/c13-9-12(4-5-14-9)11-7-8-2-1-3-10-6-8/h1-3,6-7H,4-5H2/b11-7+. The SMILES string of the molecule is O=C1OCCN1/N=C/c1cccnc1. The molecule has 5 nitrogen and oxygen atoms in total. The van der Waals surface area contributed by atoms with Crippen molar-refractivity contribution in [1.29, 1.82) is 0 Å². The third-order valence-electron chi connectivity index (χ3n) is 1.77. The van der Waals surface area contributed by atoms with Gasteiger partial charge in [-0.2, -0.15) is 10.1 Å². The van der Waals surface area contributed by atoms with Gasteiger partial charge in [0.25, 0.3) is 0 Å². The maximum absolute atomic E-state index is 11.0. The summed E-state index contributed by atoms with van der Waals surface area (Å²) < 4.78 is 4.71. The molecule has 14 heavy (non-hydrogen) atoms. The molecule has 72 valence electrons. The smallest absolute Gasteiger partial charge is 0.430 e. The number of pyridine rings is 1. The fraction of sp³-hybridized carbons (Fsp3) is 0.222. The van der Waals surface area contributed by atoms with Gasteiger partial charge in [-0.15, -0.1) is 0 Å². The highest BCUT2D eigenvalue weighted by Gasteiger charge is 2.20. The molecule has 0 spiro atoms. The van der Waals surface area contributed by atoms with Crippen molar-refractivity contribution in [2.24, 2.45) is 5.10 Å². The molecule has 0 aliphatic carbocycles. The van der Waals surface area contributed by atoms with Crippen LogP contribution >= 0.6 is 0 Å². The van der Waals surface area contributed by atoms with Gasteiger partial charge in [-0.05, 0) is 6.07 Å². The maximum atomic E-state index is 11.0. The van der Waals surface area contributed by atoms with E-state index in [1.54, 1.807) is 18.6 Å². The van der Waals surface area contributed by atoms with Crippen molar-refractivity contribution in [2.75, 3.05) is 13.2 Å². The Morgan fingerprint density at radius 2 is 2.57 bits per heavy atom.